The van der Waals surface area contributed by atoms with Crippen molar-refractivity contribution in [3.05, 3.63) is 0 Å². The predicted molar refractivity (Wildman–Crippen MR) is 44.7 cm³/mol. The van der Waals surface area contributed by atoms with Gasteiger partial charge in [-0.15, -0.1) is 0 Å². The molecular formula is C9H19N. The first-order valence-electron chi connectivity index (χ1n) is 4.49. The number of hydrogen-bond donors (Lipinski definition) is 1. The van der Waals surface area contributed by atoms with E-state index in [-0.39, 0.29) is 0 Å². The largest absolute Gasteiger partial charge is 0.330 e. The Morgan fingerprint density at radius 3 is 2.70 bits per heavy atom. The van der Waals surface area contributed by atoms with Crippen LogP contribution in [0.5, 0.6) is 0 Å². The molecule has 60 valence electrons. The Kier molecular flexibility index (Phi) is 2.72. The fraction of sp³-hybridized carbons (Fsp3) is 1.00. The van der Waals surface area contributed by atoms with Gasteiger partial charge in [0, 0.05) is 0 Å². The van der Waals surface area contributed by atoms with Crippen molar-refractivity contribution in [1.29, 1.82) is 0 Å². The van der Waals surface area contributed by atoms with Crippen LogP contribution in [0.4, 0.5) is 0 Å². The van der Waals surface area contributed by atoms with E-state index in [4.69, 9.17) is 5.73 Å². The molecule has 1 aliphatic rings. The molecule has 0 spiro atoms. The van der Waals surface area contributed by atoms with Gasteiger partial charge in [-0.1, -0.05) is 26.7 Å². The van der Waals surface area contributed by atoms with Crippen molar-refractivity contribution in [3.63, 3.8) is 0 Å². The Balaban J connectivity index is 2.12. The van der Waals surface area contributed by atoms with Crippen LogP contribution in [0.2, 0.25) is 0 Å². The van der Waals surface area contributed by atoms with E-state index in [1.807, 2.05) is 0 Å². The zero-order chi connectivity index (χ0) is 7.56. The van der Waals surface area contributed by atoms with Crippen LogP contribution in [-0.2, 0) is 0 Å². The Morgan fingerprint density at radius 1 is 1.60 bits per heavy atom. The lowest BCUT2D eigenvalue weighted by molar-refractivity contribution is 0.439. The first-order chi connectivity index (χ1) is 4.79. The monoisotopic (exact) mass is 141 g/mol. The highest BCUT2D eigenvalue weighted by atomic mass is 14.6. The molecule has 0 heterocycles. The van der Waals surface area contributed by atoms with Gasteiger partial charge in [-0.2, -0.15) is 0 Å². The maximum absolute atomic E-state index is 5.56. The summed E-state index contributed by atoms with van der Waals surface area (Å²) >= 11 is 0. The smallest absolute Gasteiger partial charge is 0.00460 e. The van der Waals surface area contributed by atoms with Crippen LogP contribution in [0.1, 0.15) is 33.1 Å². The van der Waals surface area contributed by atoms with Gasteiger partial charge in [-0.3, -0.25) is 0 Å². The third-order valence-electron chi connectivity index (χ3n) is 2.75. The van der Waals surface area contributed by atoms with Gasteiger partial charge in [-0.05, 0) is 30.7 Å². The molecule has 2 N–H and O–H groups in total. The molecule has 0 aliphatic heterocycles. The van der Waals surface area contributed by atoms with Gasteiger partial charge in [0.2, 0.25) is 0 Å². The van der Waals surface area contributed by atoms with Gasteiger partial charge in [-0.25, -0.2) is 0 Å². The Hall–Kier alpha value is -0.0400. The van der Waals surface area contributed by atoms with Gasteiger partial charge >= 0.3 is 0 Å². The minimum atomic E-state index is 0.876. The summed E-state index contributed by atoms with van der Waals surface area (Å²) in [6.45, 7) is 5.54. The maximum atomic E-state index is 5.56. The SMILES string of the molecule is CCCC(C)C1CC1CN. The van der Waals surface area contributed by atoms with E-state index in [2.05, 4.69) is 13.8 Å². The Bertz CT molecular complexity index is 101. The lowest BCUT2D eigenvalue weighted by Gasteiger charge is -2.07. The third kappa shape index (κ3) is 1.72. The lowest BCUT2D eigenvalue weighted by Crippen LogP contribution is -2.06. The molecule has 0 aromatic carbocycles. The number of rotatable bonds is 4. The third-order valence-corrected chi connectivity index (χ3v) is 2.75. The molecule has 1 aliphatic carbocycles. The summed E-state index contributed by atoms with van der Waals surface area (Å²) in [5.41, 5.74) is 5.56. The van der Waals surface area contributed by atoms with Crippen LogP contribution in [0.15, 0.2) is 0 Å². The van der Waals surface area contributed by atoms with Crippen LogP contribution in [-0.4, -0.2) is 6.54 Å². The summed E-state index contributed by atoms with van der Waals surface area (Å²) in [6.07, 6.45) is 4.12. The molecule has 0 bridgehead atoms. The second kappa shape index (κ2) is 3.38. The first kappa shape index (κ1) is 8.06. The van der Waals surface area contributed by atoms with E-state index < -0.39 is 0 Å². The molecule has 0 saturated heterocycles. The van der Waals surface area contributed by atoms with Crippen molar-refractivity contribution in [2.75, 3.05) is 6.54 Å². The Morgan fingerprint density at radius 2 is 2.30 bits per heavy atom. The summed E-state index contributed by atoms with van der Waals surface area (Å²) < 4.78 is 0. The van der Waals surface area contributed by atoms with Crippen LogP contribution < -0.4 is 5.73 Å². The summed E-state index contributed by atoms with van der Waals surface area (Å²) in [5, 5.41) is 0. The van der Waals surface area contributed by atoms with E-state index >= 15 is 0 Å². The summed E-state index contributed by atoms with van der Waals surface area (Å²) in [6, 6.07) is 0. The van der Waals surface area contributed by atoms with E-state index in [1.165, 1.54) is 19.3 Å². The zero-order valence-electron chi connectivity index (χ0n) is 7.14. The van der Waals surface area contributed by atoms with Crippen molar-refractivity contribution >= 4 is 0 Å². The topological polar surface area (TPSA) is 26.0 Å². The van der Waals surface area contributed by atoms with E-state index in [0.29, 0.717) is 0 Å². The second-order valence-electron chi connectivity index (χ2n) is 3.66. The molecule has 0 aromatic rings. The van der Waals surface area contributed by atoms with Crippen LogP contribution >= 0.6 is 0 Å². The molecule has 1 nitrogen and oxygen atoms in total. The second-order valence-corrected chi connectivity index (χ2v) is 3.66. The Labute approximate surface area is 64.0 Å². The van der Waals surface area contributed by atoms with E-state index in [0.717, 1.165) is 24.3 Å². The molecule has 1 rings (SSSR count). The fourth-order valence-electron chi connectivity index (χ4n) is 1.91. The van der Waals surface area contributed by atoms with Crippen LogP contribution in [0.25, 0.3) is 0 Å². The average Bonchev–Trinajstić information content (AvgIpc) is 2.66. The van der Waals surface area contributed by atoms with Gasteiger partial charge < -0.3 is 5.73 Å². The lowest BCUT2D eigenvalue weighted by atomic mass is 9.99. The molecule has 10 heavy (non-hydrogen) atoms. The predicted octanol–water partition coefficient (Wildman–Crippen LogP) is 2.02. The normalized spacial score (nSPS) is 33.9. The summed E-state index contributed by atoms with van der Waals surface area (Å²) in [7, 11) is 0. The minimum Gasteiger partial charge on any atom is -0.330 e. The quantitative estimate of drug-likeness (QED) is 0.637. The van der Waals surface area contributed by atoms with Crippen molar-refractivity contribution in [1.82, 2.24) is 0 Å². The minimum absolute atomic E-state index is 0.876. The molecule has 0 amide bonds. The molecule has 1 fully saturated rings. The van der Waals surface area contributed by atoms with E-state index in [9.17, 15) is 0 Å². The highest BCUT2D eigenvalue weighted by molar-refractivity contribution is 4.89. The van der Waals surface area contributed by atoms with Gasteiger partial charge in [0.05, 0.1) is 0 Å². The molecule has 0 aromatic heterocycles. The van der Waals surface area contributed by atoms with Gasteiger partial charge in [0.1, 0.15) is 0 Å². The fourth-order valence-corrected chi connectivity index (χ4v) is 1.91. The number of nitrogens with two attached hydrogens (primary N) is 1. The van der Waals surface area contributed by atoms with Crippen molar-refractivity contribution in [2.45, 2.75) is 33.1 Å². The molecular weight excluding hydrogens is 122 g/mol. The van der Waals surface area contributed by atoms with Crippen molar-refractivity contribution in [3.8, 4) is 0 Å². The van der Waals surface area contributed by atoms with Crippen LogP contribution in [0, 0.1) is 17.8 Å². The number of hydrogen-bond acceptors (Lipinski definition) is 1. The highest BCUT2D eigenvalue weighted by Gasteiger charge is 2.38. The molecule has 3 unspecified atom stereocenters. The van der Waals surface area contributed by atoms with Crippen LogP contribution in [0.3, 0.4) is 0 Å². The maximum Gasteiger partial charge on any atom is -0.00460 e. The molecule has 3 atom stereocenters. The highest BCUT2D eigenvalue weighted by Crippen LogP contribution is 2.44. The van der Waals surface area contributed by atoms with Crippen molar-refractivity contribution in [2.24, 2.45) is 23.5 Å². The van der Waals surface area contributed by atoms with E-state index in [1.54, 1.807) is 0 Å². The molecule has 0 radical (unpaired) electrons. The van der Waals surface area contributed by atoms with Gasteiger partial charge in [0.15, 0.2) is 0 Å². The molecule has 1 heteroatoms. The van der Waals surface area contributed by atoms with Crippen molar-refractivity contribution < 1.29 is 0 Å². The molecule has 1 saturated carbocycles. The summed E-state index contributed by atoms with van der Waals surface area (Å²) in [4.78, 5) is 0. The summed E-state index contributed by atoms with van der Waals surface area (Å²) in [5.74, 6) is 2.78. The standard InChI is InChI=1S/C9H19N/c1-3-4-7(2)9-5-8(9)6-10/h7-9H,3-6,10H2,1-2H3. The average molecular weight is 141 g/mol. The zero-order valence-corrected chi connectivity index (χ0v) is 7.14. The van der Waals surface area contributed by atoms with Gasteiger partial charge in [0.25, 0.3) is 0 Å². The first-order valence-corrected chi connectivity index (χ1v) is 4.49.